The van der Waals surface area contributed by atoms with Crippen LogP contribution in [0, 0.1) is 0 Å². The third kappa shape index (κ3) is 4.65. The van der Waals surface area contributed by atoms with Crippen LogP contribution >= 0.6 is 0 Å². The molecule has 3 aromatic carbocycles. The molecule has 3 aromatic rings. The fourth-order valence-electron chi connectivity index (χ4n) is 3.08. The van der Waals surface area contributed by atoms with Crippen molar-refractivity contribution in [2.24, 2.45) is 0 Å². The van der Waals surface area contributed by atoms with E-state index in [1.807, 2.05) is 74.5 Å². The summed E-state index contributed by atoms with van der Waals surface area (Å²) in [5.74, 6) is -0.538. The highest BCUT2D eigenvalue weighted by molar-refractivity contribution is 6.07. The van der Waals surface area contributed by atoms with E-state index in [1.165, 1.54) is 0 Å². The predicted octanol–water partition coefficient (Wildman–Crippen LogP) is 4.67. The van der Waals surface area contributed by atoms with E-state index < -0.39 is 0 Å². The summed E-state index contributed by atoms with van der Waals surface area (Å²) in [5, 5.41) is 5.95. The molecular formula is C24H24N2O2. The van der Waals surface area contributed by atoms with Gasteiger partial charge in [0.2, 0.25) is 0 Å². The first-order valence-electron chi connectivity index (χ1n) is 9.37. The second kappa shape index (κ2) is 9.00. The maximum Gasteiger partial charge on any atom is 0.252 e. The maximum atomic E-state index is 12.8. The molecule has 0 aliphatic heterocycles. The second-order valence-electron chi connectivity index (χ2n) is 6.76. The van der Waals surface area contributed by atoms with Gasteiger partial charge in [-0.3, -0.25) is 9.59 Å². The van der Waals surface area contributed by atoms with E-state index >= 15 is 0 Å². The zero-order valence-electron chi connectivity index (χ0n) is 16.1. The normalized spacial score (nSPS) is 12.6. The number of hydrogen-bond acceptors (Lipinski definition) is 2. The van der Waals surface area contributed by atoms with Crippen molar-refractivity contribution in [3.8, 4) is 0 Å². The van der Waals surface area contributed by atoms with Gasteiger partial charge in [-0.1, -0.05) is 72.8 Å². The number of nitrogens with one attached hydrogen (secondary N) is 2. The lowest BCUT2D eigenvalue weighted by Crippen LogP contribution is -2.32. The Labute approximate surface area is 165 Å². The van der Waals surface area contributed by atoms with Gasteiger partial charge in [-0.05, 0) is 37.1 Å². The molecule has 0 spiro atoms. The van der Waals surface area contributed by atoms with Gasteiger partial charge in [0.1, 0.15) is 0 Å². The van der Waals surface area contributed by atoms with E-state index in [2.05, 4.69) is 10.6 Å². The van der Waals surface area contributed by atoms with Gasteiger partial charge in [0.15, 0.2) is 0 Å². The molecule has 2 unspecified atom stereocenters. The van der Waals surface area contributed by atoms with E-state index in [4.69, 9.17) is 0 Å². The standard InChI is InChI=1S/C24H24N2O2/c1-17(19-11-5-3-6-12-19)25-23(27)21-15-9-10-16-22(21)24(28)26-18(2)20-13-7-4-8-14-20/h3-18H,1-2H3,(H,25,27)(H,26,28). The molecule has 2 atom stereocenters. The molecule has 4 nitrogen and oxygen atoms in total. The number of benzene rings is 3. The van der Waals surface area contributed by atoms with Gasteiger partial charge < -0.3 is 10.6 Å². The Kier molecular flexibility index (Phi) is 6.22. The molecule has 142 valence electrons. The molecule has 2 amide bonds. The predicted molar refractivity (Wildman–Crippen MR) is 111 cm³/mol. The van der Waals surface area contributed by atoms with Crippen molar-refractivity contribution in [2.45, 2.75) is 25.9 Å². The molecular weight excluding hydrogens is 348 g/mol. The van der Waals surface area contributed by atoms with Crippen LogP contribution in [0.1, 0.15) is 57.8 Å². The van der Waals surface area contributed by atoms with Crippen LogP contribution in [0.15, 0.2) is 84.9 Å². The van der Waals surface area contributed by atoms with Gasteiger partial charge >= 0.3 is 0 Å². The summed E-state index contributed by atoms with van der Waals surface area (Å²) in [4.78, 5) is 25.6. The van der Waals surface area contributed by atoms with E-state index in [-0.39, 0.29) is 23.9 Å². The first kappa shape index (κ1) is 19.4. The van der Waals surface area contributed by atoms with Crippen LogP contribution in [0.2, 0.25) is 0 Å². The minimum absolute atomic E-state index is 0.159. The zero-order chi connectivity index (χ0) is 19.9. The molecule has 0 aliphatic carbocycles. The lowest BCUT2D eigenvalue weighted by Gasteiger charge is -2.18. The molecule has 0 heterocycles. The number of amides is 2. The first-order valence-corrected chi connectivity index (χ1v) is 9.37. The topological polar surface area (TPSA) is 58.2 Å². The highest BCUT2D eigenvalue weighted by atomic mass is 16.2. The SMILES string of the molecule is CC(NC(=O)c1ccccc1C(=O)NC(C)c1ccccc1)c1ccccc1. The molecule has 0 bridgehead atoms. The number of rotatable bonds is 6. The van der Waals surface area contributed by atoms with E-state index in [0.29, 0.717) is 11.1 Å². The molecule has 0 aromatic heterocycles. The highest BCUT2D eigenvalue weighted by Gasteiger charge is 2.20. The quantitative estimate of drug-likeness (QED) is 0.661. The Morgan fingerprint density at radius 2 is 0.893 bits per heavy atom. The molecule has 0 saturated heterocycles. The molecule has 0 radical (unpaired) electrons. The monoisotopic (exact) mass is 372 g/mol. The van der Waals surface area contributed by atoms with Crippen LogP contribution in [0.4, 0.5) is 0 Å². The molecule has 2 N–H and O–H groups in total. The maximum absolute atomic E-state index is 12.8. The minimum Gasteiger partial charge on any atom is -0.345 e. The summed E-state index contributed by atoms with van der Waals surface area (Å²) in [5.41, 5.74) is 2.75. The summed E-state index contributed by atoms with van der Waals surface area (Å²) < 4.78 is 0. The van der Waals surface area contributed by atoms with Gasteiger partial charge in [-0.2, -0.15) is 0 Å². The average Bonchev–Trinajstić information content (AvgIpc) is 2.74. The lowest BCUT2D eigenvalue weighted by molar-refractivity contribution is 0.0905. The average molecular weight is 372 g/mol. The van der Waals surface area contributed by atoms with Gasteiger partial charge in [0.05, 0.1) is 23.2 Å². The van der Waals surface area contributed by atoms with Gasteiger partial charge in [0, 0.05) is 0 Å². The van der Waals surface area contributed by atoms with Crippen LogP contribution in [0.25, 0.3) is 0 Å². The number of carbonyl (C=O) groups is 2. The van der Waals surface area contributed by atoms with Crippen molar-refractivity contribution in [1.82, 2.24) is 10.6 Å². The Morgan fingerprint density at radius 3 is 1.25 bits per heavy atom. The Bertz CT molecular complexity index is 861. The minimum atomic E-state index is -0.269. The molecule has 28 heavy (non-hydrogen) atoms. The van der Waals surface area contributed by atoms with Crippen molar-refractivity contribution < 1.29 is 9.59 Å². The van der Waals surface area contributed by atoms with Crippen molar-refractivity contribution in [3.63, 3.8) is 0 Å². The molecule has 0 fully saturated rings. The van der Waals surface area contributed by atoms with E-state index in [1.54, 1.807) is 24.3 Å². The third-order valence-corrected chi connectivity index (χ3v) is 4.71. The molecule has 0 aliphatic rings. The van der Waals surface area contributed by atoms with Gasteiger partial charge in [-0.15, -0.1) is 0 Å². The van der Waals surface area contributed by atoms with Crippen LogP contribution in [-0.4, -0.2) is 11.8 Å². The summed E-state index contributed by atoms with van der Waals surface area (Å²) in [7, 11) is 0. The second-order valence-corrected chi connectivity index (χ2v) is 6.76. The fourth-order valence-corrected chi connectivity index (χ4v) is 3.08. The highest BCUT2D eigenvalue weighted by Crippen LogP contribution is 2.17. The van der Waals surface area contributed by atoms with Crippen molar-refractivity contribution in [3.05, 3.63) is 107 Å². The largest absolute Gasteiger partial charge is 0.345 e. The number of carbonyl (C=O) groups excluding carboxylic acids is 2. The molecule has 0 saturated carbocycles. The third-order valence-electron chi connectivity index (χ3n) is 4.71. The Morgan fingerprint density at radius 1 is 0.571 bits per heavy atom. The smallest absolute Gasteiger partial charge is 0.252 e. The summed E-state index contributed by atoms with van der Waals surface area (Å²) in [6, 6.07) is 26.0. The fraction of sp³-hybridized carbons (Fsp3) is 0.167. The van der Waals surface area contributed by atoms with Crippen molar-refractivity contribution >= 4 is 11.8 Å². The summed E-state index contributed by atoms with van der Waals surface area (Å²) in [6.45, 7) is 3.85. The Balaban J connectivity index is 1.75. The van der Waals surface area contributed by atoms with Crippen molar-refractivity contribution in [2.75, 3.05) is 0 Å². The summed E-state index contributed by atoms with van der Waals surface area (Å²) >= 11 is 0. The van der Waals surface area contributed by atoms with E-state index in [9.17, 15) is 9.59 Å². The molecule has 4 heteroatoms. The van der Waals surface area contributed by atoms with E-state index in [0.717, 1.165) is 11.1 Å². The van der Waals surface area contributed by atoms with Crippen LogP contribution < -0.4 is 10.6 Å². The van der Waals surface area contributed by atoms with Gasteiger partial charge in [0.25, 0.3) is 11.8 Å². The van der Waals surface area contributed by atoms with Crippen LogP contribution in [0.5, 0.6) is 0 Å². The lowest BCUT2D eigenvalue weighted by atomic mass is 10.0. The zero-order valence-corrected chi connectivity index (χ0v) is 16.1. The number of hydrogen-bond donors (Lipinski definition) is 2. The van der Waals surface area contributed by atoms with Crippen LogP contribution in [0.3, 0.4) is 0 Å². The Hall–Kier alpha value is -3.40. The van der Waals surface area contributed by atoms with Gasteiger partial charge in [-0.25, -0.2) is 0 Å². The molecule has 3 rings (SSSR count). The van der Waals surface area contributed by atoms with Crippen molar-refractivity contribution in [1.29, 1.82) is 0 Å². The first-order chi connectivity index (χ1) is 13.6. The summed E-state index contributed by atoms with van der Waals surface area (Å²) in [6.07, 6.45) is 0. The van der Waals surface area contributed by atoms with Crippen LogP contribution in [-0.2, 0) is 0 Å².